The molecule has 0 aliphatic carbocycles. The highest BCUT2D eigenvalue weighted by Crippen LogP contribution is 2.20. The number of nitrogens with zero attached hydrogens (tertiary/aromatic N) is 2. The highest BCUT2D eigenvalue weighted by Gasteiger charge is 2.18. The molecule has 1 aliphatic rings. The first-order chi connectivity index (χ1) is 12.6. The van der Waals surface area contributed by atoms with Crippen LogP contribution in [0.4, 0.5) is 10.1 Å². The van der Waals surface area contributed by atoms with Crippen molar-refractivity contribution in [2.75, 3.05) is 38.0 Å². The van der Waals surface area contributed by atoms with Crippen LogP contribution in [0.5, 0.6) is 0 Å². The number of nitrogens with one attached hydrogen (secondary N) is 1. The molecule has 0 unspecified atom stereocenters. The van der Waals surface area contributed by atoms with E-state index in [9.17, 15) is 4.39 Å². The lowest BCUT2D eigenvalue weighted by Gasteiger charge is -2.35. The van der Waals surface area contributed by atoms with Gasteiger partial charge in [-0.25, -0.2) is 4.39 Å². The minimum atomic E-state index is -0.430. The van der Waals surface area contributed by atoms with Crippen LogP contribution in [-0.4, -0.2) is 47.6 Å². The van der Waals surface area contributed by atoms with Gasteiger partial charge in [-0.3, -0.25) is 4.90 Å². The molecule has 3 nitrogen and oxygen atoms in total. The quantitative estimate of drug-likeness (QED) is 0.775. The van der Waals surface area contributed by atoms with E-state index in [1.54, 1.807) is 12.1 Å². The van der Waals surface area contributed by atoms with Crippen molar-refractivity contribution >= 4 is 40.7 Å². The van der Waals surface area contributed by atoms with Crippen molar-refractivity contribution in [3.8, 4) is 0 Å². The number of benzene rings is 2. The van der Waals surface area contributed by atoms with Gasteiger partial charge in [0.05, 0.1) is 5.02 Å². The number of halogens is 2. The summed E-state index contributed by atoms with van der Waals surface area (Å²) in [5.41, 5.74) is 1.92. The van der Waals surface area contributed by atoms with Crippen LogP contribution in [-0.2, 0) is 0 Å². The van der Waals surface area contributed by atoms with Crippen LogP contribution in [0.25, 0.3) is 6.08 Å². The number of thiocarbonyl (C=S) groups is 1. The Morgan fingerprint density at radius 1 is 1.12 bits per heavy atom. The van der Waals surface area contributed by atoms with Crippen molar-refractivity contribution in [1.29, 1.82) is 0 Å². The zero-order valence-corrected chi connectivity index (χ0v) is 15.9. The summed E-state index contributed by atoms with van der Waals surface area (Å²) in [6.45, 7) is 4.55. The van der Waals surface area contributed by atoms with Gasteiger partial charge in [-0.2, -0.15) is 0 Å². The summed E-state index contributed by atoms with van der Waals surface area (Å²) >= 11 is 11.3. The van der Waals surface area contributed by atoms with E-state index in [4.69, 9.17) is 23.8 Å². The molecule has 2 aromatic carbocycles. The molecule has 6 heteroatoms. The Bertz CT molecular complexity index is 774. The van der Waals surface area contributed by atoms with Gasteiger partial charge < -0.3 is 10.2 Å². The van der Waals surface area contributed by atoms with Gasteiger partial charge in [0.15, 0.2) is 5.11 Å². The van der Waals surface area contributed by atoms with Crippen LogP contribution in [0.2, 0.25) is 5.02 Å². The summed E-state index contributed by atoms with van der Waals surface area (Å²) < 4.78 is 13.2. The Kier molecular flexibility index (Phi) is 6.61. The predicted octanol–water partition coefficient (Wildman–Crippen LogP) is 4.51. The van der Waals surface area contributed by atoms with Gasteiger partial charge in [0, 0.05) is 38.4 Å². The van der Waals surface area contributed by atoms with E-state index in [0.29, 0.717) is 10.8 Å². The van der Waals surface area contributed by atoms with Crippen molar-refractivity contribution in [1.82, 2.24) is 9.80 Å². The summed E-state index contributed by atoms with van der Waals surface area (Å²) in [6, 6.07) is 14.8. The van der Waals surface area contributed by atoms with E-state index in [1.165, 1.54) is 11.6 Å². The lowest BCUT2D eigenvalue weighted by molar-refractivity contribution is 0.200. The Morgan fingerprint density at radius 2 is 1.85 bits per heavy atom. The Balaban J connectivity index is 1.44. The van der Waals surface area contributed by atoms with Gasteiger partial charge in [-0.15, -0.1) is 0 Å². The normalized spacial score (nSPS) is 15.4. The highest BCUT2D eigenvalue weighted by atomic mass is 35.5. The molecule has 0 bridgehead atoms. The first-order valence-electron chi connectivity index (χ1n) is 8.57. The third kappa shape index (κ3) is 5.27. The van der Waals surface area contributed by atoms with E-state index in [2.05, 4.69) is 39.4 Å². The molecule has 0 saturated carbocycles. The van der Waals surface area contributed by atoms with Crippen LogP contribution in [0.15, 0.2) is 54.6 Å². The molecule has 0 aromatic heterocycles. The number of anilines is 1. The molecule has 0 spiro atoms. The summed E-state index contributed by atoms with van der Waals surface area (Å²) in [5.74, 6) is -0.430. The van der Waals surface area contributed by atoms with E-state index < -0.39 is 5.82 Å². The van der Waals surface area contributed by atoms with Gasteiger partial charge in [-0.05, 0) is 36.0 Å². The van der Waals surface area contributed by atoms with Gasteiger partial charge in [0.25, 0.3) is 0 Å². The minimum Gasteiger partial charge on any atom is -0.346 e. The summed E-state index contributed by atoms with van der Waals surface area (Å²) in [7, 11) is 0. The van der Waals surface area contributed by atoms with E-state index in [1.807, 2.05) is 18.2 Å². The van der Waals surface area contributed by atoms with Crippen LogP contribution >= 0.6 is 23.8 Å². The number of piperazine rings is 1. The molecule has 26 heavy (non-hydrogen) atoms. The summed E-state index contributed by atoms with van der Waals surface area (Å²) in [4.78, 5) is 4.53. The maximum absolute atomic E-state index is 13.2. The summed E-state index contributed by atoms with van der Waals surface area (Å²) in [5, 5.41) is 3.87. The second-order valence-electron chi connectivity index (χ2n) is 6.16. The molecule has 1 fully saturated rings. The number of hydrogen-bond donors (Lipinski definition) is 1. The summed E-state index contributed by atoms with van der Waals surface area (Å²) in [6.07, 6.45) is 4.35. The number of rotatable bonds is 4. The molecule has 0 atom stereocenters. The molecule has 0 amide bonds. The molecular formula is C20H21ClFN3S. The lowest BCUT2D eigenvalue weighted by atomic mass is 10.2. The maximum Gasteiger partial charge on any atom is 0.173 e. The second kappa shape index (κ2) is 9.12. The van der Waals surface area contributed by atoms with Crippen molar-refractivity contribution in [2.24, 2.45) is 0 Å². The first-order valence-corrected chi connectivity index (χ1v) is 9.35. The van der Waals surface area contributed by atoms with Crippen molar-refractivity contribution in [3.05, 3.63) is 71.0 Å². The topological polar surface area (TPSA) is 18.5 Å². The zero-order chi connectivity index (χ0) is 18.4. The van der Waals surface area contributed by atoms with Gasteiger partial charge >= 0.3 is 0 Å². The third-order valence-electron chi connectivity index (χ3n) is 4.30. The van der Waals surface area contributed by atoms with E-state index in [-0.39, 0.29) is 5.02 Å². The third-order valence-corrected chi connectivity index (χ3v) is 4.95. The average molecular weight is 390 g/mol. The van der Waals surface area contributed by atoms with E-state index in [0.717, 1.165) is 32.7 Å². The molecule has 136 valence electrons. The van der Waals surface area contributed by atoms with Gasteiger partial charge in [0.1, 0.15) is 5.82 Å². The Morgan fingerprint density at radius 3 is 2.54 bits per heavy atom. The van der Waals surface area contributed by atoms with Crippen molar-refractivity contribution in [3.63, 3.8) is 0 Å². The van der Waals surface area contributed by atoms with Gasteiger partial charge in [-0.1, -0.05) is 54.1 Å². The molecule has 1 heterocycles. The molecule has 3 rings (SSSR count). The first kappa shape index (κ1) is 18.8. The Labute approximate surface area is 164 Å². The highest BCUT2D eigenvalue weighted by molar-refractivity contribution is 7.80. The molecular weight excluding hydrogens is 369 g/mol. The van der Waals surface area contributed by atoms with Crippen LogP contribution < -0.4 is 5.32 Å². The SMILES string of the molecule is Fc1ccc(NC(=S)N2CCN(CC=Cc3ccccc3)CC2)cc1Cl. The minimum absolute atomic E-state index is 0.0906. The number of hydrogen-bond acceptors (Lipinski definition) is 2. The smallest absolute Gasteiger partial charge is 0.173 e. The zero-order valence-electron chi connectivity index (χ0n) is 14.4. The fourth-order valence-corrected chi connectivity index (χ4v) is 3.29. The molecule has 1 aliphatic heterocycles. The average Bonchev–Trinajstić information content (AvgIpc) is 2.66. The molecule has 1 N–H and O–H groups in total. The largest absolute Gasteiger partial charge is 0.346 e. The standard InChI is InChI=1S/C20H21ClFN3S/c21-18-15-17(8-9-19(18)22)23-20(26)25-13-11-24(12-14-25)10-4-7-16-5-2-1-3-6-16/h1-9,15H,10-14H2,(H,23,26). The van der Waals surface area contributed by atoms with Crippen LogP contribution in [0.3, 0.4) is 0 Å². The van der Waals surface area contributed by atoms with Crippen LogP contribution in [0.1, 0.15) is 5.56 Å². The molecule has 1 saturated heterocycles. The monoisotopic (exact) mass is 389 g/mol. The molecule has 2 aromatic rings. The second-order valence-corrected chi connectivity index (χ2v) is 6.95. The maximum atomic E-state index is 13.2. The lowest BCUT2D eigenvalue weighted by Crippen LogP contribution is -2.49. The van der Waals surface area contributed by atoms with E-state index >= 15 is 0 Å². The van der Waals surface area contributed by atoms with Gasteiger partial charge in [0.2, 0.25) is 0 Å². The fourth-order valence-electron chi connectivity index (χ4n) is 2.81. The predicted molar refractivity (Wildman–Crippen MR) is 111 cm³/mol. The Hall–Kier alpha value is -1.95. The molecule has 0 radical (unpaired) electrons. The van der Waals surface area contributed by atoms with Crippen molar-refractivity contribution in [2.45, 2.75) is 0 Å². The van der Waals surface area contributed by atoms with Crippen molar-refractivity contribution < 1.29 is 4.39 Å². The van der Waals surface area contributed by atoms with Crippen LogP contribution in [0, 0.1) is 5.82 Å². The fraction of sp³-hybridized carbons (Fsp3) is 0.250.